The fourth-order valence-corrected chi connectivity index (χ4v) is 2.61. The minimum absolute atomic E-state index is 0.296. The van der Waals surface area contributed by atoms with Crippen molar-refractivity contribution in [2.75, 3.05) is 0 Å². The zero-order valence-corrected chi connectivity index (χ0v) is 10.2. The van der Waals surface area contributed by atoms with Crippen molar-refractivity contribution in [3.8, 4) is 0 Å². The van der Waals surface area contributed by atoms with E-state index in [9.17, 15) is 0 Å². The highest BCUT2D eigenvalue weighted by atomic mass is 15.0. The van der Waals surface area contributed by atoms with Crippen molar-refractivity contribution in [3.63, 3.8) is 0 Å². The average Bonchev–Trinajstić information content (AvgIpc) is 2.83. The molecule has 1 aromatic heterocycles. The molecule has 0 bridgehead atoms. The van der Waals surface area contributed by atoms with Gasteiger partial charge < -0.3 is 5.32 Å². The second-order valence-corrected chi connectivity index (χ2v) is 4.85. The summed E-state index contributed by atoms with van der Waals surface area (Å²) in [7, 11) is 0. The summed E-state index contributed by atoms with van der Waals surface area (Å²) in [4.78, 5) is 8.44. The van der Waals surface area contributed by atoms with Crippen LogP contribution in [0.3, 0.4) is 0 Å². The Bertz CT molecular complexity index is 306. The highest BCUT2D eigenvalue weighted by Gasteiger charge is 2.22. The average molecular weight is 219 g/mol. The fourth-order valence-electron chi connectivity index (χ4n) is 2.61. The van der Waals surface area contributed by atoms with Gasteiger partial charge in [0, 0.05) is 30.7 Å². The number of hydrogen-bond donors (Lipinski definition) is 1. The van der Waals surface area contributed by atoms with Crippen LogP contribution in [0.4, 0.5) is 0 Å². The van der Waals surface area contributed by atoms with Gasteiger partial charge in [0.1, 0.15) is 0 Å². The number of aromatic nitrogens is 2. The van der Waals surface area contributed by atoms with Crippen LogP contribution in [0.2, 0.25) is 0 Å². The Morgan fingerprint density at radius 1 is 1.25 bits per heavy atom. The van der Waals surface area contributed by atoms with Crippen LogP contribution in [0, 0.1) is 5.92 Å². The topological polar surface area (TPSA) is 37.8 Å². The van der Waals surface area contributed by atoms with Gasteiger partial charge >= 0.3 is 0 Å². The zero-order valence-electron chi connectivity index (χ0n) is 10.2. The molecule has 1 heterocycles. The molecule has 2 atom stereocenters. The first-order valence-corrected chi connectivity index (χ1v) is 6.29. The van der Waals surface area contributed by atoms with E-state index in [1.807, 2.05) is 6.20 Å². The van der Waals surface area contributed by atoms with Gasteiger partial charge in [-0.05, 0) is 32.6 Å². The molecule has 0 amide bonds. The lowest BCUT2D eigenvalue weighted by Gasteiger charge is -2.24. The highest BCUT2D eigenvalue weighted by molar-refractivity contribution is 5.01. The smallest absolute Gasteiger partial charge is 0.0753 e. The van der Waals surface area contributed by atoms with Crippen LogP contribution >= 0.6 is 0 Å². The molecule has 1 aliphatic carbocycles. The maximum absolute atomic E-state index is 4.33. The molecule has 0 spiro atoms. The molecule has 0 aliphatic heterocycles. The molecule has 1 aromatic rings. The van der Waals surface area contributed by atoms with Crippen molar-refractivity contribution in [3.05, 3.63) is 24.3 Å². The van der Waals surface area contributed by atoms with Crippen LogP contribution in [0.15, 0.2) is 18.6 Å². The van der Waals surface area contributed by atoms with E-state index in [-0.39, 0.29) is 0 Å². The normalized spacial score (nSPS) is 20.9. The van der Waals surface area contributed by atoms with Gasteiger partial charge in [-0.2, -0.15) is 0 Å². The van der Waals surface area contributed by atoms with Crippen LogP contribution in [0.5, 0.6) is 0 Å². The van der Waals surface area contributed by atoms with E-state index < -0.39 is 0 Å². The first-order valence-electron chi connectivity index (χ1n) is 6.29. The molecule has 1 saturated carbocycles. The largest absolute Gasteiger partial charge is 0.306 e. The summed E-state index contributed by atoms with van der Waals surface area (Å²) in [6, 6.07) is 0.879. The Hall–Kier alpha value is -0.960. The monoisotopic (exact) mass is 219 g/mol. The molecule has 0 radical (unpaired) electrons. The van der Waals surface area contributed by atoms with Crippen LogP contribution in [0.1, 0.15) is 51.3 Å². The predicted molar refractivity (Wildman–Crippen MR) is 65.0 cm³/mol. The minimum Gasteiger partial charge on any atom is -0.306 e. The van der Waals surface area contributed by atoms with Gasteiger partial charge in [0.25, 0.3) is 0 Å². The lowest BCUT2D eigenvalue weighted by Crippen LogP contribution is -2.34. The second-order valence-electron chi connectivity index (χ2n) is 4.85. The Balaban J connectivity index is 1.89. The molecule has 0 saturated heterocycles. The van der Waals surface area contributed by atoms with Crippen LogP contribution < -0.4 is 5.32 Å². The molecule has 2 unspecified atom stereocenters. The Morgan fingerprint density at radius 2 is 2.00 bits per heavy atom. The third kappa shape index (κ3) is 2.79. The Kier molecular flexibility index (Phi) is 3.88. The number of hydrogen-bond acceptors (Lipinski definition) is 3. The van der Waals surface area contributed by atoms with Gasteiger partial charge in [0.2, 0.25) is 0 Å². The molecule has 3 heteroatoms. The molecule has 1 N–H and O–H groups in total. The van der Waals surface area contributed by atoms with Crippen molar-refractivity contribution < 1.29 is 0 Å². The van der Waals surface area contributed by atoms with Gasteiger partial charge in [0.15, 0.2) is 0 Å². The van der Waals surface area contributed by atoms with E-state index in [4.69, 9.17) is 0 Å². The number of rotatable bonds is 4. The standard InChI is InChI=1S/C13H21N3/c1-10(12-5-3-4-6-12)16-11(2)13-9-14-7-8-15-13/h7-12,16H,3-6H2,1-2H3. The van der Waals surface area contributed by atoms with E-state index in [0.29, 0.717) is 12.1 Å². The molecule has 88 valence electrons. The first kappa shape index (κ1) is 11.5. The fraction of sp³-hybridized carbons (Fsp3) is 0.692. The quantitative estimate of drug-likeness (QED) is 0.846. The van der Waals surface area contributed by atoms with Crippen LogP contribution in [0.25, 0.3) is 0 Å². The van der Waals surface area contributed by atoms with E-state index in [0.717, 1.165) is 11.6 Å². The van der Waals surface area contributed by atoms with Crippen molar-refractivity contribution in [2.45, 2.75) is 51.6 Å². The lowest BCUT2D eigenvalue weighted by molar-refractivity contribution is 0.349. The summed E-state index contributed by atoms with van der Waals surface area (Å²) in [5, 5.41) is 3.64. The second kappa shape index (κ2) is 5.39. The van der Waals surface area contributed by atoms with Gasteiger partial charge in [0.05, 0.1) is 5.69 Å². The minimum atomic E-state index is 0.296. The lowest BCUT2D eigenvalue weighted by atomic mass is 9.99. The van der Waals surface area contributed by atoms with E-state index in [2.05, 4.69) is 29.1 Å². The van der Waals surface area contributed by atoms with E-state index in [1.165, 1.54) is 25.7 Å². The predicted octanol–water partition coefficient (Wildman–Crippen LogP) is 2.71. The molecule has 1 aliphatic rings. The third-order valence-electron chi connectivity index (χ3n) is 3.65. The Labute approximate surface area is 97.7 Å². The molecule has 16 heavy (non-hydrogen) atoms. The van der Waals surface area contributed by atoms with Gasteiger partial charge in [-0.1, -0.05) is 12.8 Å². The summed E-state index contributed by atoms with van der Waals surface area (Å²) in [5.41, 5.74) is 1.03. The summed E-state index contributed by atoms with van der Waals surface area (Å²) in [5.74, 6) is 0.846. The number of nitrogens with zero attached hydrogens (tertiary/aromatic N) is 2. The maximum atomic E-state index is 4.33. The molecular weight excluding hydrogens is 198 g/mol. The molecule has 1 fully saturated rings. The molecule has 3 nitrogen and oxygen atoms in total. The molecular formula is C13H21N3. The zero-order chi connectivity index (χ0) is 11.4. The number of nitrogens with one attached hydrogen (secondary N) is 1. The maximum Gasteiger partial charge on any atom is 0.0753 e. The SMILES string of the molecule is CC(NC(C)C1CCCC1)c1cnccn1. The molecule has 0 aromatic carbocycles. The first-order chi connectivity index (χ1) is 7.77. The van der Waals surface area contributed by atoms with Crippen molar-refractivity contribution >= 4 is 0 Å². The van der Waals surface area contributed by atoms with Gasteiger partial charge in [-0.15, -0.1) is 0 Å². The van der Waals surface area contributed by atoms with E-state index in [1.54, 1.807) is 12.4 Å². The Morgan fingerprint density at radius 3 is 2.62 bits per heavy atom. The summed E-state index contributed by atoms with van der Waals surface area (Å²) < 4.78 is 0. The van der Waals surface area contributed by atoms with Crippen LogP contribution in [-0.2, 0) is 0 Å². The molecule has 2 rings (SSSR count). The van der Waals surface area contributed by atoms with Crippen molar-refractivity contribution in [1.82, 2.24) is 15.3 Å². The summed E-state index contributed by atoms with van der Waals surface area (Å²) in [6.45, 7) is 4.46. The van der Waals surface area contributed by atoms with Crippen molar-refractivity contribution in [2.24, 2.45) is 5.92 Å². The highest BCUT2D eigenvalue weighted by Crippen LogP contribution is 2.28. The summed E-state index contributed by atoms with van der Waals surface area (Å²) >= 11 is 0. The summed E-state index contributed by atoms with van der Waals surface area (Å²) in [6.07, 6.45) is 10.9. The van der Waals surface area contributed by atoms with Crippen molar-refractivity contribution in [1.29, 1.82) is 0 Å². The van der Waals surface area contributed by atoms with Gasteiger partial charge in [-0.25, -0.2) is 0 Å². The van der Waals surface area contributed by atoms with Gasteiger partial charge in [-0.3, -0.25) is 9.97 Å². The van der Waals surface area contributed by atoms with E-state index >= 15 is 0 Å². The van der Waals surface area contributed by atoms with Crippen LogP contribution in [-0.4, -0.2) is 16.0 Å². The third-order valence-corrected chi connectivity index (χ3v) is 3.65.